The van der Waals surface area contributed by atoms with Gasteiger partial charge in [0.2, 0.25) is 11.8 Å². The van der Waals surface area contributed by atoms with Gasteiger partial charge in [0.15, 0.2) is 0 Å². The molecule has 0 fully saturated rings. The Balaban J connectivity index is 1.70. The molecule has 0 saturated carbocycles. The van der Waals surface area contributed by atoms with Gasteiger partial charge in [-0.1, -0.05) is 30.3 Å². The molecular formula is C20H20N2O4. The van der Waals surface area contributed by atoms with Gasteiger partial charge in [0.05, 0.1) is 5.92 Å². The Kier molecular flexibility index (Phi) is 5.02. The van der Waals surface area contributed by atoms with E-state index in [1.165, 1.54) is 6.92 Å². The van der Waals surface area contributed by atoms with Crippen molar-refractivity contribution in [1.29, 1.82) is 0 Å². The molecule has 1 atom stereocenters. The molecule has 3 rings (SSSR count). The van der Waals surface area contributed by atoms with Crippen molar-refractivity contribution in [3.05, 3.63) is 59.7 Å². The minimum Gasteiger partial charge on any atom is -0.481 e. The third-order valence-corrected chi connectivity index (χ3v) is 4.53. The van der Waals surface area contributed by atoms with Gasteiger partial charge >= 0.3 is 5.97 Å². The average molecular weight is 352 g/mol. The molecule has 0 radical (unpaired) electrons. The predicted molar refractivity (Wildman–Crippen MR) is 98.2 cm³/mol. The zero-order valence-electron chi connectivity index (χ0n) is 14.4. The molecule has 2 aromatic carbocycles. The van der Waals surface area contributed by atoms with E-state index in [2.05, 4.69) is 5.32 Å². The smallest absolute Gasteiger partial charge is 0.311 e. The van der Waals surface area contributed by atoms with Crippen LogP contribution < -0.4 is 10.2 Å². The number of carboxylic acids is 1. The maximum atomic E-state index is 12.3. The van der Waals surface area contributed by atoms with Crippen molar-refractivity contribution in [2.45, 2.75) is 25.7 Å². The van der Waals surface area contributed by atoms with E-state index in [9.17, 15) is 19.5 Å². The summed E-state index contributed by atoms with van der Waals surface area (Å²) in [6.45, 7) is 2.16. The fourth-order valence-electron chi connectivity index (χ4n) is 3.24. The lowest BCUT2D eigenvalue weighted by atomic mass is 9.95. The summed E-state index contributed by atoms with van der Waals surface area (Å²) in [4.78, 5) is 37.2. The number of nitrogens with one attached hydrogen (secondary N) is 1. The average Bonchev–Trinajstić information content (AvgIpc) is 3.03. The minimum atomic E-state index is -1.03. The van der Waals surface area contributed by atoms with Crippen molar-refractivity contribution in [1.82, 2.24) is 0 Å². The summed E-state index contributed by atoms with van der Waals surface area (Å²) in [5.74, 6) is -2.29. The van der Waals surface area contributed by atoms with E-state index < -0.39 is 11.9 Å². The molecule has 1 aliphatic heterocycles. The highest BCUT2D eigenvalue weighted by molar-refractivity contribution is 5.97. The molecule has 2 aromatic rings. The van der Waals surface area contributed by atoms with Gasteiger partial charge in [-0.15, -0.1) is 0 Å². The van der Waals surface area contributed by atoms with Gasteiger partial charge in [-0.05, 0) is 35.7 Å². The van der Waals surface area contributed by atoms with E-state index >= 15 is 0 Å². The Morgan fingerprint density at radius 2 is 1.88 bits per heavy atom. The van der Waals surface area contributed by atoms with Crippen LogP contribution in [0.25, 0.3) is 0 Å². The molecule has 0 unspecified atom stereocenters. The predicted octanol–water partition coefficient (Wildman–Crippen LogP) is 2.79. The van der Waals surface area contributed by atoms with Crippen molar-refractivity contribution in [2.24, 2.45) is 0 Å². The van der Waals surface area contributed by atoms with Crippen LogP contribution in [-0.2, 0) is 20.8 Å². The normalized spacial score (nSPS) is 13.8. The number of hydrogen-bond acceptors (Lipinski definition) is 3. The lowest BCUT2D eigenvalue weighted by Gasteiger charge is -2.16. The molecule has 2 N–H and O–H groups in total. The van der Waals surface area contributed by atoms with Crippen LogP contribution in [0.5, 0.6) is 0 Å². The molecule has 0 bridgehead atoms. The molecule has 134 valence electrons. The van der Waals surface area contributed by atoms with Gasteiger partial charge in [-0.3, -0.25) is 14.4 Å². The lowest BCUT2D eigenvalue weighted by Crippen LogP contribution is -2.25. The Morgan fingerprint density at radius 3 is 2.54 bits per heavy atom. The first-order valence-corrected chi connectivity index (χ1v) is 8.44. The summed E-state index contributed by atoms with van der Waals surface area (Å²) in [5, 5.41) is 12.2. The SMILES string of the molecule is CC(=O)N1CCc2cc(NC(=O)C[C@@H](C(=O)O)c3ccccc3)ccc21. The van der Waals surface area contributed by atoms with Gasteiger partial charge in [0.1, 0.15) is 0 Å². The van der Waals surface area contributed by atoms with Gasteiger partial charge in [0.25, 0.3) is 0 Å². The third kappa shape index (κ3) is 3.74. The number of hydrogen-bond donors (Lipinski definition) is 2. The Hall–Kier alpha value is -3.15. The summed E-state index contributed by atoms with van der Waals surface area (Å²) >= 11 is 0. The first kappa shape index (κ1) is 17.7. The van der Waals surface area contributed by atoms with E-state index in [0.717, 1.165) is 17.7 Å². The molecule has 0 aromatic heterocycles. The number of fused-ring (bicyclic) bond motifs is 1. The van der Waals surface area contributed by atoms with Crippen LogP contribution in [0.4, 0.5) is 11.4 Å². The van der Waals surface area contributed by atoms with E-state index in [0.29, 0.717) is 17.8 Å². The number of carboxylic acid groups (broad SMARTS) is 1. The molecule has 1 heterocycles. The van der Waals surface area contributed by atoms with Gasteiger partial charge < -0.3 is 15.3 Å². The molecule has 2 amide bonds. The van der Waals surface area contributed by atoms with Crippen LogP contribution in [0.3, 0.4) is 0 Å². The standard InChI is InChI=1S/C20H20N2O4/c1-13(23)22-10-9-15-11-16(7-8-18(15)22)21-19(24)12-17(20(25)26)14-5-3-2-4-6-14/h2-8,11,17H,9-10,12H2,1H3,(H,21,24)(H,25,26)/t17-/m1/s1. The highest BCUT2D eigenvalue weighted by Gasteiger charge is 2.25. The number of carbonyl (C=O) groups is 3. The molecule has 0 saturated heterocycles. The molecule has 26 heavy (non-hydrogen) atoms. The monoisotopic (exact) mass is 352 g/mol. The van der Waals surface area contributed by atoms with Crippen LogP contribution in [-0.4, -0.2) is 29.4 Å². The number of carbonyl (C=O) groups excluding carboxylic acids is 2. The summed E-state index contributed by atoms with van der Waals surface area (Å²) in [7, 11) is 0. The Morgan fingerprint density at radius 1 is 1.15 bits per heavy atom. The number of aliphatic carboxylic acids is 1. The number of amides is 2. The molecule has 6 heteroatoms. The van der Waals surface area contributed by atoms with Crippen molar-refractivity contribution in [2.75, 3.05) is 16.8 Å². The third-order valence-electron chi connectivity index (χ3n) is 4.53. The second-order valence-corrected chi connectivity index (χ2v) is 6.32. The zero-order chi connectivity index (χ0) is 18.7. The molecular weight excluding hydrogens is 332 g/mol. The number of benzene rings is 2. The van der Waals surface area contributed by atoms with E-state index in [4.69, 9.17) is 0 Å². The van der Waals surface area contributed by atoms with Gasteiger partial charge in [-0.2, -0.15) is 0 Å². The first-order valence-electron chi connectivity index (χ1n) is 8.44. The van der Waals surface area contributed by atoms with Crippen LogP contribution in [0, 0.1) is 0 Å². The van der Waals surface area contributed by atoms with Gasteiger partial charge in [0, 0.05) is 31.3 Å². The number of anilines is 2. The fourth-order valence-corrected chi connectivity index (χ4v) is 3.24. The molecule has 0 aliphatic carbocycles. The van der Waals surface area contributed by atoms with Crippen molar-refractivity contribution in [3.8, 4) is 0 Å². The highest BCUT2D eigenvalue weighted by atomic mass is 16.4. The van der Waals surface area contributed by atoms with Gasteiger partial charge in [-0.25, -0.2) is 0 Å². The maximum Gasteiger partial charge on any atom is 0.311 e. The Bertz CT molecular complexity index is 848. The molecule has 0 spiro atoms. The fraction of sp³-hybridized carbons (Fsp3) is 0.250. The second kappa shape index (κ2) is 7.39. The number of nitrogens with zero attached hydrogens (tertiary/aromatic N) is 1. The molecule has 6 nitrogen and oxygen atoms in total. The topological polar surface area (TPSA) is 86.7 Å². The Labute approximate surface area is 151 Å². The quantitative estimate of drug-likeness (QED) is 0.866. The van der Waals surface area contributed by atoms with Crippen LogP contribution in [0.2, 0.25) is 0 Å². The summed E-state index contributed by atoms with van der Waals surface area (Å²) < 4.78 is 0. The lowest BCUT2D eigenvalue weighted by molar-refractivity contribution is -0.140. The summed E-state index contributed by atoms with van der Waals surface area (Å²) in [6.07, 6.45) is 0.594. The summed E-state index contributed by atoms with van der Waals surface area (Å²) in [5.41, 5.74) is 3.07. The van der Waals surface area contributed by atoms with E-state index in [-0.39, 0.29) is 18.2 Å². The van der Waals surface area contributed by atoms with Crippen molar-refractivity contribution in [3.63, 3.8) is 0 Å². The van der Waals surface area contributed by atoms with Crippen molar-refractivity contribution >= 4 is 29.2 Å². The number of rotatable bonds is 5. The van der Waals surface area contributed by atoms with E-state index in [1.54, 1.807) is 41.3 Å². The second-order valence-electron chi connectivity index (χ2n) is 6.32. The van der Waals surface area contributed by atoms with Crippen LogP contribution in [0.15, 0.2) is 48.5 Å². The van der Waals surface area contributed by atoms with Crippen LogP contribution in [0.1, 0.15) is 30.4 Å². The van der Waals surface area contributed by atoms with Crippen LogP contribution >= 0.6 is 0 Å². The summed E-state index contributed by atoms with van der Waals surface area (Å²) in [6, 6.07) is 14.1. The largest absolute Gasteiger partial charge is 0.481 e. The highest BCUT2D eigenvalue weighted by Crippen LogP contribution is 2.30. The molecule has 1 aliphatic rings. The minimum absolute atomic E-state index is 0.00676. The zero-order valence-corrected chi connectivity index (χ0v) is 14.4. The van der Waals surface area contributed by atoms with Crippen molar-refractivity contribution < 1.29 is 19.5 Å². The van der Waals surface area contributed by atoms with E-state index in [1.807, 2.05) is 12.1 Å². The maximum absolute atomic E-state index is 12.3. The first-order chi connectivity index (χ1) is 12.5.